The molecular formula is C29H37NO6S. The van der Waals surface area contributed by atoms with Gasteiger partial charge in [-0.15, -0.1) is 11.3 Å². The molecule has 1 aromatic rings. The van der Waals surface area contributed by atoms with Crippen molar-refractivity contribution < 1.29 is 28.7 Å². The number of esters is 2. The van der Waals surface area contributed by atoms with Crippen LogP contribution in [0, 0.1) is 23.2 Å². The highest BCUT2D eigenvalue weighted by Gasteiger charge is 2.59. The van der Waals surface area contributed by atoms with E-state index in [1.807, 2.05) is 6.08 Å². The quantitative estimate of drug-likeness (QED) is 0.395. The van der Waals surface area contributed by atoms with E-state index in [1.165, 1.54) is 16.9 Å². The zero-order valence-corrected chi connectivity index (χ0v) is 23.1. The van der Waals surface area contributed by atoms with Gasteiger partial charge in [0.25, 0.3) is 0 Å². The van der Waals surface area contributed by atoms with Crippen molar-refractivity contribution in [2.75, 3.05) is 18.5 Å². The second-order valence-electron chi connectivity index (χ2n) is 11.5. The number of nitrogens with one attached hydrogen (secondary N) is 1. The first-order valence-corrected chi connectivity index (χ1v) is 14.5. The zero-order valence-electron chi connectivity index (χ0n) is 22.2. The van der Waals surface area contributed by atoms with Crippen LogP contribution in [0.5, 0.6) is 0 Å². The molecule has 0 radical (unpaired) electrons. The second-order valence-corrected chi connectivity index (χ2v) is 12.6. The van der Waals surface area contributed by atoms with E-state index in [2.05, 4.69) is 19.2 Å². The Bertz CT molecular complexity index is 1180. The molecule has 37 heavy (non-hydrogen) atoms. The lowest BCUT2D eigenvalue weighted by Crippen LogP contribution is -2.51. The Kier molecular flexibility index (Phi) is 6.84. The first-order valence-electron chi connectivity index (χ1n) is 13.6. The maximum Gasteiger partial charge on any atom is 0.341 e. The van der Waals surface area contributed by atoms with E-state index in [9.17, 15) is 19.2 Å². The minimum absolute atomic E-state index is 0.0877. The minimum Gasteiger partial charge on any atom is -0.466 e. The van der Waals surface area contributed by atoms with Gasteiger partial charge in [0.1, 0.15) is 11.4 Å². The van der Waals surface area contributed by atoms with Crippen molar-refractivity contribution in [2.45, 2.75) is 84.5 Å². The van der Waals surface area contributed by atoms with Crippen molar-refractivity contribution in [3.8, 4) is 0 Å². The van der Waals surface area contributed by atoms with E-state index >= 15 is 0 Å². The summed E-state index contributed by atoms with van der Waals surface area (Å²) in [4.78, 5) is 51.0. The molecule has 1 amide bonds. The molecule has 2 saturated carbocycles. The summed E-state index contributed by atoms with van der Waals surface area (Å²) in [7, 11) is 0. The monoisotopic (exact) mass is 527 g/mol. The molecule has 0 aromatic carbocycles. The summed E-state index contributed by atoms with van der Waals surface area (Å²) >= 11 is 1.46. The van der Waals surface area contributed by atoms with E-state index in [0.29, 0.717) is 34.7 Å². The van der Waals surface area contributed by atoms with Crippen LogP contribution in [-0.2, 0) is 35.7 Å². The molecule has 0 spiro atoms. The molecule has 0 aliphatic heterocycles. The first-order chi connectivity index (χ1) is 17.6. The fourth-order valence-electron chi connectivity index (χ4n) is 7.99. The van der Waals surface area contributed by atoms with Crippen molar-refractivity contribution in [1.82, 2.24) is 0 Å². The number of ketones is 1. The second kappa shape index (κ2) is 9.68. The summed E-state index contributed by atoms with van der Waals surface area (Å²) in [5, 5.41) is 3.30. The molecule has 200 valence electrons. The number of hydrogen-bond acceptors (Lipinski definition) is 7. The normalized spacial score (nSPS) is 31.8. The third kappa shape index (κ3) is 4.25. The number of amides is 1. The van der Waals surface area contributed by atoms with Gasteiger partial charge in [-0.05, 0) is 92.6 Å². The number of allylic oxidation sites excluding steroid dienone is 2. The third-order valence-corrected chi connectivity index (χ3v) is 10.8. The van der Waals surface area contributed by atoms with Crippen LogP contribution in [0.2, 0.25) is 0 Å². The molecule has 0 bridgehead atoms. The minimum atomic E-state index is -0.587. The third-order valence-electron chi connectivity index (χ3n) is 9.65. The SMILES string of the molecule is CCOC(=O)CC(=O)Nc1sc2c(c1C(=O)OCC)[C@@]1(C)CC[C@H]3[C@@H](CCC4=CC(=O)CC[C@@]43C)[C@@H]1C2. The average Bonchev–Trinajstić information content (AvgIpc) is 3.33. The van der Waals surface area contributed by atoms with Crippen LogP contribution in [-0.4, -0.2) is 36.8 Å². The molecule has 8 heteroatoms. The lowest BCUT2D eigenvalue weighted by Gasteiger charge is -2.57. The van der Waals surface area contributed by atoms with Gasteiger partial charge in [0.15, 0.2) is 5.78 Å². The Hall–Kier alpha value is -2.48. The summed E-state index contributed by atoms with van der Waals surface area (Å²) in [5.74, 6) is 0.277. The molecule has 5 atom stereocenters. The fourth-order valence-corrected chi connectivity index (χ4v) is 9.39. The highest BCUT2D eigenvalue weighted by Crippen LogP contribution is 2.66. The summed E-state index contributed by atoms with van der Waals surface area (Å²) in [6, 6.07) is 0. The van der Waals surface area contributed by atoms with Gasteiger partial charge in [-0.25, -0.2) is 4.79 Å². The molecule has 1 aromatic heterocycles. The number of fused-ring (bicyclic) bond motifs is 7. The van der Waals surface area contributed by atoms with Crippen molar-refractivity contribution in [3.05, 3.63) is 27.7 Å². The summed E-state index contributed by atoms with van der Waals surface area (Å²) in [5.41, 5.74) is 2.76. The molecule has 1 heterocycles. The first kappa shape index (κ1) is 26.1. The molecule has 2 fully saturated rings. The lowest BCUT2D eigenvalue weighted by molar-refractivity contribution is -0.145. The Morgan fingerprint density at radius 1 is 1.03 bits per heavy atom. The van der Waals surface area contributed by atoms with Gasteiger partial charge < -0.3 is 14.8 Å². The Labute approximate surface area is 222 Å². The summed E-state index contributed by atoms with van der Waals surface area (Å²) in [6.45, 7) is 8.59. The number of hydrogen-bond donors (Lipinski definition) is 1. The smallest absolute Gasteiger partial charge is 0.341 e. The number of ether oxygens (including phenoxy) is 2. The highest BCUT2D eigenvalue weighted by molar-refractivity contribution is 7.17. The standard InChI is InChI=1S/C29H37NO6S/c1-5-35-23(33)15-22(32)30-26-24(27(34)36-6-2)25-21(37-26)14-20-18-8-7-16-13-17(31)9-11-28(16,3)19(18)10-12-29(20,25)4/h13,18-20H,5-12,14-15H2,1-4H3,(H,30,32)/t18-,19+,20+,28+,29+/m1/s1. The largest absolute Gasteiger partial charge is 0.466 e. The molecule has 7 nitrogen and oxygen atoms in total. The Morgan fingerprint density at radius 3 is 2.51 bits per heavy atom. The number of carbonyl (C=O) groups excluding carboxylic acids is 4. The number of rotatable bonds is 6. The van der Waals surface area contributed by atoms with Crippen molar-refractivity contribution in [1.29, 1.82) is 0 Å². The molecule has 1 N–H and O–H groups in total. The van der Waals surface area contributed by atoms with Gasteiger partial charge in [0.05, 0.1) is 18.8 Å². The number of thiophene rings is 1. The van der Waals surface area contributed by atoms with Crippen LogP contribution in [0.4, 0.5) is 5.00 Å². The van der Waals surface area contributed by atoms with Crippen LogP contribution in [0.25, 0.3) is 0 Å². The topological polar surface area (TPSA) is 98.8 Å². The van der Waals surface area contributed by atoms with Gasteiger partial charge in [-0.2, -0.15) is 0 Å². The van der Waals surface area contributed by atoms with Crippen LogP contribution in [0.15, 0.2) is 11.6 Å². The van der Waals surface area contributed by atoms with E-state index < -0.39 is 17.8 Å². The van der Waals surface area contributed by atoms with Gasteiger partial charge in [-0.1, -0.05) is 19.4 Å². The van der Waals surface area contributed by atoms with Crippen LogP contribution in [0.3, 0.4) is 0 Å². The maximum atomic E-state index is 13.3. The van der Waals surface area contributed by atoms with Crippen molar-refractivity contribution in [2.24, 2.45) is 23.2 Å². The summed E-state index contributed by atoms with van der Waals surface area (Å²) in [6.07, 6.45) is 8.07. The van der Waals surface area contributed by atoms with E-state index in [-0.39, 0.29) is 36.2 Å². The molecule has 4 aliphatic carbocycles. The summed E-state index contributed by atoms with van der Waals surface area (Å²) < 4.78 is 10.4. The Balaban J connectivity index is 1.46. The average molecular weight is 528 g/mol. The van der Waals surface area contributed by atoms with Crippen LogP contribution in [0.1, 0.15) is 93.4 Å². The lowest BCUT2D eigenvalue weighted by atomic mass is 9.47. The van der Waals surface area contributed by atoms with Crippen LogP contribution >= 0.6 is 11.3 Å². The van der Waals surface area contributed by atoms with Gasteiger partial charge >= 0.3 is 11.9 Å². The van der Waals surface area contributed by atoms with E-state index in [0.717, 1.165) is 49.0 Å². The molecule has 0 saturated heterocycles. The molecule has 0 unspecified atom stereocenters. The van der Waals surface area contributed by atoms with E-state index in [4.69, 9.17) is 9.47 Å². The molecular weight excluding hydrogens is 490 g/mol. The van der Waals surface area contributed by atoms with Gasteiger partial charge in [0, 0.05) is 11.3 Å². The highest BCUT2D eigenvalue weighted by atomic mass is 32.1. The zero-order chi connectivity index (χ0) is 26.5. The van der Waals surface area contributed by atoms with E-state index in [1.54, 1.807) is 13.8 Å². The van der Waals surface area contributed by atoms with Gasteiger partial charge in [-0.3, -0.25) is 14.4 Å². The number of anilines is 1. The predicted octanol–water partition coefficient (Wildman–Crippen LogP) is 5.36. The number of carbonyl (C=O) groups is 4. The molecule has 5 rings (SSSR count). The fraction of sp³-hybridized carbons (Fsp3) is 0.655. The maximum absolute atomic E-state index is 13.3. The predicted molar refractivity (Wildman–Crippen MR) is 141 cm³/mol. The van der Waals surface area contributed by atoms with Crippen molar-refractivity contribution in [3.63, 3.8) is 0 Å². The van der Waals surface area contributed by atoms with Crippen LogP contribution < -0.4 is 5.32 Å². The Morgan fingerprint density at radius 2 is 1.78 bits per heavy atom. The van der Waals surface area contributed by atoms with Crippen molar-refractivity contribution >= 4 is 40.0 Å². The molecule has 4 aliphatic rings. The van der Waals surface area contributed by atoms with Gasteiger partial charge in [0.2, 0.25) is 5.91 Å².